The summed E-state index contributed by atoms with van der Waals surface area (Å²) in [5, 5.41) is 8.02. The number of carbonyl (C=O) groups is 3. The maximum absolute atomic E-state index is 15.0. The highest BCUT2D eigenvalue weighted by Crippen LogP contribution is 2.28. The molecule has 0 radical (unpaired) electrons. The quantitative estimate of drug-likeness (QED) is 0.367. The van der Waals surface area contributed by atoms with E-state index in [1.54, 1.807) is 29.2 Å². The van der Waals surface area contributed by atoms with E-state index in [1.165, 1.54) is 6.07 Å². The fraction of sp³-hybridized carbons (Fsp3) is 0.595. The maximum atomic E-state index is 15.0. The van der Waals surface area contributed by atoms with Gasteiger partial charge in [0.2, 0.25) is 5.91 Å². The van der Waals surface area contributed by atoms with Crippen molar-refractivity contribution in [3.05, 3.63) is 75.5 Å². The van der Waals surface area contributed by atoms with Gasteiger partial charge in [0.15, 0.2) is 0 Å². The van der Waals surface area contributed by atoms with E-state index < -0.39 is 11.4 Å². The molecule has 296 valence electrons. The van der Waals surface area contributed by atoms with Crippen LogP contribution in [-0.4, -0.2) is 136 Å². The number of piperidine rings is 3. The average molecular weight is 758 g/mol. The third kappa shape index (κ3) is 9.37. The number of aromatic amines is 1. The predicted molar refractivity (Wildman–Crippen MR) is 208 cm³/mol. The zero-order chi connectivity index (χ0) is 38.7. The molecule has 4 aliphatic rings. The normalized spacial score (nSPS) is 20.3. The number of amides is 3. The van der Waals surface area contributed by atoms with Gasteiger partial charge in [0.05, 0.1) is 16.6 Å². The van der Waals surface area contributed by atoms with Crippen molar-refractivity contribution in [2.45, 2.75) is 77.4 Å². The number of hydrogen-bond acceptors (Lipinski definition) is 8. The third-order valence-corrected chi connectivity index (χ3v) is 12.0. The topological polar surface area (TPSA) is 122 Å². The smallest absolute Gasteiger partial charge is 0.410 e. The Morgan fingerprint density at radius 3 is 2.13 bits per heavy atom. The molecule has 13 heteroatoms. The highest BCUT2D eigenvalue weighted by molar-refractivity contribution is 5.95. The van der Waals surface area contributed by atoms with E-state index in [-0.39, 0.29) is 34.9 Å². The summed E-state index contributed by atoms with van der Waals surface area (Å²) in [6, 6.07) is 12.3. The van der Waals surface area contributed by atoms with Gasteiger partial charge in [0.1, 0.15) is 11.4 Å². The number of H-pyrrole nitrogens is 1. The Morgan fingerprint density at radius 2 is 1.45 bits per heavy atom. The van der Waals surface area contributed by atoms with Gasteiger partial charge >= 0.3 is 6.09 Å². The number of fused-ring (bicyclic) bond motifs is 1. The van der Waals surface area contributed by atoms with Crippen LogP contribution in [0.2, 0.25) is 0 Å². The number of aromatic nitrogens is 2. The van der Waals surface area contributed by atoms with Crippen LogP contribution in [-0.2, 0) is 16.0 Å². The van der Waals surface area contributed by atoms with Crippen LogP contribution >= 0.6 is 0 Å². The summed E-state index contributed by atoms with van der Waals surface area (Å²) in [7, 11) is 0. The second-order valence-corrected chi connectivity index (χ2v) is 16.9. The Labute approximate surface area is 322 Å². The lowest BCUT2D eigenvalue weighted by atomic mass is 9.91. The Hall–Kier alpha value is -4.36. The van der Waals surface area contributed by atoms with E-state index in [1.807, 2.05) is 42.7 Å². The summed E-state index contributed by atoms with van der Waals surface area (Å²) in [5.41, 5.74) is 0.629. The first-order valence-electron chi connectivity index (χ1n) is 20.2. The summed E-state index contributed by atoms with van der Waals surface area (Å²) in [6.45, 7) is 14.0. The first-order valence-corrected chi connectivity index (χ1v) is 20.2. The number of halogens is 1. The van der Waals surface area contributed by atoms with Crippen molar-refractivity contribution in [3.8, 4) is 0 Å². The predicted octanol–water partition coefficient (Wildman–Crippen LogP) is 4.76. The second-order valence-electron chi connectivity index (χ2n) is 16.9. The molecule has 5 heterocycles. The van der Waals surface area contributed by atoms with Crippen molar-refractivity contribution in [1.82, 2.24) is 34.7 Å². The van der Waals surface area contributed by atoms with Gasteiger partial charge in [-0.3, -0.25) is 14.4 Å². The van der Waals surface area contributed by atoms with Crippen LogP contribution in [0.3, 0.4) is 0 Å². The van der Waals surface area contributed by atoms with Gasteiger partial charge in [-0.15, -0.1) is 0 Å². The van der Waals surface area contributed by atoms with E-state index in [4.69, 9.17) is 4.74 Å². The number of ether oxygens (including phenoxy) is 1. The van der Waals surface area contributed by atoms with Crippen molar-refractivity contribution in [2.75, 3.05) is 72.0 Å². The highest BCUT2D eigenvalue weighted by atomic mass is 19.1. The number of nitrogens with one attached hydrogen (secondary N) is 1. The molecular formula is C42H56FN7O5. The van der Waals surface area contributed by atoms with Gasteiger partial charge < -0.3 is 29.2 Å². The third-order valence-electron chi connectivity index (χ3n) is 12.0. The first-order chi connectivity index (χ1) is 26.4. The monoisotopic (exact) mass is 757 g/mol. The molecule has 0 unspecified atom stereocenters. The minimum Gasteiger partial charge on any atom is -0.444 e. The minimum absolute atomic E-state index is 0.00289. The van der Waals surface area contributed by atoms with Crippen molar-refractivity contribution >= 4 is 28.7 Å². The molecule has 7 rings (SSSR count). The molecule has 1 aromatic heterocycles. The van der Waals surface area contributed by atoms with Gasteiger partial charge in [0, 0.05) is 69.6 Å². The van der Waals surface area contributed by atoms with Crippen LogP contribution < -0.4 is 5.56 Å². The summed E-state index contributed by atoms with van der Waals surface area (Å²) < 4.78 is 20.6. The van der Waals surface area contributed by atoms with E-state index in [0.29, 0.717) is 61.2 Å². The molecule has 12 nitrogen and oxygen atoms in total. The van der Waals surface area contributed by atoms with Crippen molar-refractivity contribution in [2.24, 2.45) is 11.8 Å². The molecule has 55 heavy (non-hydrogen) atoms. The van der Waals surface area contributed by atoms with Gasteiger partial charge in [-0.05, 0) is 115 Å². The average Bonchev–Trinajstić information content (AvgIpc) is 3.19. The molecule has 4 fully saturated rings. The van der Waals surface area contributed by atoms with Crippen LogP contribution in [0.1, 0.15) is 80.9 Å². The molecule has 2 aromatic carbocycles. The Kier molecular flexibility index (Phi) is 11.9. The molecule has 4 aliphatic heterocycles. The molecule has 0 atom stereocenters. The molecular weight excluding hydrogens is 702 g/mol. The van der Waals surface area contributed by atoms with E-state index >= 15 is 4.39 Å². The molecule has 0 aliphatic carbocycles. The van der Waals surface area contributed by atoms with Gasteiger partial charge in [-0.25, -0.2) is 14.3 Å². The number of benzene rings is 2. The summed E-state index contributed by atoms with van der Waals surface area (Å²) in [5.74, 6) is -0.177. The Balaban J connectivity index is 0.828. The molecule has 1 N–H and O–H groups in total. The fourth-order valence-electron chi connectivity index (χ4n) is 8.87. The lowest BCUT2D eigenvalue weighted by Gasteiger charge is -2.43. The van der Waals surface area contributed by atoms with Crippen LogP contribution in [0, 0.1) is 17.7 Å². The van der Waals surface area contributed by atoms with Gasteiger partial charge in [-0.1, -0.05) is 24.3 Å². The Bertz CT molecular complexity index is 1900. The zero-order valence-electron chi connectivity index (χ0n) is 32.6. The van der Waals surface area contributed by atoms with E-state index in [0.717, 1.165) is 89.7 Å². The minimum atomic E-state index is -0.582. The summed E-state index contributed by atoms with van der Waals surface area (Å²) in [4.78, 5) is 62.4. The molecule has 3 amide bonds. The van der Waals surface area contributed by atoms with Crippen LogP contribution in [0.4, 0.5) is 9.18 Å². The molecule has 0 bridgehead atoms. The molecule has 4 saturated heterocycles. The van der Waals surface area contributed by atoms with Crippen LogP contribution in [0.15, 0.2) is 47.3 Å². The maximum Gasteiger partial charge on any atom is 0.410 e. The lowest BCUT2D eigenvalue weighted by molar-refractivity contribution is -0.138. The Morgan fingerprint density at radius 1 is 0.800 bits per heavy atom. The number of hydrogen-bond donors (Lipinski definition) is 1. The SMILES string of the molecule is CC(C)(C)OC(=O)N1CCC(CN2CCC(N3CCC(C(=O)N4CCN(C(=O)c5cc(Cc6n[nH]c(=O)c7ccccc67)ccc5F)CC4)CC3)CC2)CC1. The van der Waals surface area contributed by atoms with E-state index in [2.05, 4.69) is 20.0 Å². The van der Waals surface area contributed by atoms with Crippen LogP contribution in [0.25, 0.3) is 10.8 Å². The zero-order valence-corrected chi connectivity index (χ0v) is 32.6. The number of carbonyl (C=O) groups excluding carboxylic acids is 3. The number of nitrogens with zero attached hydrogens (tertiary/aromatic N) is 6. The lowest BCUT2D eigenvalue weighted by Crippen LogP contribution is -2.54. The van der Waals surface area contributed by atoms with E-state index in [9.17, 15) is 19.2 Å². The van der Waals surface area contributed by atoms with Crippen molar-refractivity contribution in [1.29, 1.82) is 0 Å². The van der Waals surface area contributed by atoms with Gasteiger partial charge in [-0.2, -0.15) is 5.10 Å². The standard InChI is InChI=1S/C42H56FN7O5/c1-42(2,3)55-41(54)50-18-10-29(11-19-50)28-46-16-14-32(15-17-46)47-20-12-31(13-21-47)39(52)48-22-24-49(25-23-48)40(53)35-26-30(8-9-36(35)43)27-37-33-6-4-5-7-34(33)38(51)45-44-37/h4-9,26,29,31-32H,10-25,27-28H2,1-3H3,(H,45,51). The summed E-state index contributed by atoms with van der Waals surface area (Å²) in [6.07, 6.45) is 6.18. The van der Waals surface area contributed by atoms with Crippen molar-refractivity contribution < 1.29 is 23.5 Å². The van der Waals surface area contributed by atoms with Crippen molar-refractivity contribution in [3.63, 3.8) is 0 Å². The largest absolute Gasteiger partial charge is 0.444 e. The summed E-state index contributed by atoms with van der Waals surface area (Å²) >= 11 is 0. The number of rotatable bonds is 7. The number of likely N-dealkylation sites (tertiary alicyclic amines) is 3. The number of piperazine rings is 1. The highest BCUT2D eigenvalue weighted by Gasteiger charge is 2.35. The van der Waals surface area contributed by atoms with Gasteiger partial charge in [0.25, 0.3) is 11.5 Å². The molecule has 0 saturated carbocycles. The molecule has 0 spiro atoms. The van der Waals surface area contributed by atoms with Crippen LogP contribution in [0.5, 0.6) is 0 Å². The molecule has 3 aromatic rings. The second kappa shape index (κ2) is 16.8. The fourth-order valence-corrected chi connectivity index (χ4v) is 8.87. The first kappa shape index (κ1) is 38.9.